The first-order chi connectivity index (χ1) is 14.4. The summed E-state index contributed by atoms with van der Waals surface area (Å²) in [5.74, 6) is -1.08. The highest BCUT2D eigenvalue weighted by Crippen LogP contribution is 2.30. The zero-order valence-corrected chi connectivity index (χ0v) is 16.9. The van der Waals surface area contributed by atoms with E-state index in [1.165, 1.54) is 11.0 Å². The van der Waals surface area contributed by atoms with Gasteiger partial charge in [-0.1, -0.05) is 24.3 Å². The third-order valence-electron chi connectivity index (χ3n) is 4.06. The summed E-state index contributed by atoms with van der Waals surface area (Å²) in [6.45, 7) is 1.84. The van der Waals surface area contributed by atoms with Crippen molar-refractivity contribution < 1.29 is 23.9 Å². The lowest BCUT2D eigenvalue weighted by molar-refractivity contribution is -0.122. The van der Waals surface area contributed by atoms with Crippen molar-refractivity contribution in [3.8, 4) is 11.5 Å². The number of carbonyl (C=O) groups excluding carboxylic acids is 3. The van der Waals surface area contributed by atoms with Crippen LogP contribution in [0.4, 0.5) is 5.69 Å². The van der Waals surface area contributed by atoms with Gasteiger partial charge in [-0.2, -0.15) is 0 Å². The van der Waals surface area contributed by atoms with Crippen LogP contribution in [0.15, 0.2) is 54.1 Å². The Morgan fingerprint density at radius 2 is 1.87 bits per heavy atom. The topological polar surface area (TPSA) is 111 Å². The van der Waals surface area contributed by atoms with Gasteiger partial charge in [-0.3, -0.25) is 24.6 Å². The molecule has 2 aromatic rings. The van der Waals surface area contributed by atoms with Gasteiger partial charge in [0, 0.05) is 0 Å². The first-order valence-corrected chi connectivity index (χ1v) is 9.46. The molecule has 0 radical (unpaired) electrons. The summed E-state index contributed by atoms with van der Waals surface area (Å²) in [6, 6.07) is 13.6. The lowest BCUT2D eigenvalue weighted by Gasteiger charge is -2.28. The van der Waals surface area contributed by atoms with Crippen molar-refractivity contribution in [2.24, 2.45) is 5.73 Å². The summed E-state index contributed by atoms with van der Waals surface area (Å²) >= 11 is 5.17. The van der Waals surface area contributed by atoms with Crippen LogP contribution < -0.4 is 25.4 Å². The number of primary amides is 1. The summed E-state index contributed by atoms with van der Waals surface area (Å²) in [5, 5.41) is 2.55. The van der Waals surface area contributed by atoms with E-state index in [1.807, 2.05) is 6.07 Å². The van der Waals surface area contributed by atoms with Gasteiger partial charge in [0.1, 0.15) is 5.57 Å². The number of hydrogen-bond acceptors (Lipinski definition) is 6. The molecule has 0 aliphatic carbocycles. The second kappa shape index (κ2) is 9.19. The number of nitrogens with zero attached hydrogens (tertiary/aromatic N) is 1. The summed E-state index contributed by atoms with van der Waals surface area (Å²) in [5.41, 5.74) is 6.10. The Hall–Kier alpha value is -3.72. The van der Waals surface area contributed by atoms with Crippen molar-refractivity contribution in [2.75, 3.05) is 18.1 Å². The largest absolute Gasteiger partial charge is 0.490 e. The van der Waals surface area contributed by atoms with Gasteiger partial charge in [-0.05, 0) is 55.0 Å². The van der Waals surface area contributed by atoms with Gasteiger partial charge in [0.05, 0.1) is 12.3 Å². The molecule has 3 rings (SSSR count). The molecule has 3 N–H and O–H groups in total. The molecule has 0 atom stereocenters. The van der Waals surface area contributed by atoms with E-state index in [4.69, 9.17) is 27.4 Å². The minimum absolute atomic E-state index is 0.0126. The van der Waals surface area contributed by atoms with Gasteiger partial charge < -0.3 is 15.2 Å². The standard InChI is InChI=1S/C21H19N3O5S/c1-2-28-17-11-13(8-9-16(17)29-12-18(22)25)10-15-19(26)23-21(30)24(20(15)27)14-6-4-3-5-7-14/h3-11H,2,12H2,1H3,(H2,22,25)(H,23,26,30)/b15-10-. The smallest absolute Gasteiger partial charge is 0.270 e. The summed E-state index contributed by atoms with van der Waals surface area (Å²) < 4.78 is 10.9. The fourth-order valence-corrected chi connectivity index (χ4v) is 3.07. The number of anilines is 1. The molecule has 2 aromatic carbocycles. The molecule has 1 fully saturated rings. The van der Waals surface area contributed by atoms with Crippen LogP contribution in [0.25, 0.3) is 6.08 Å². The van der Waals surface area contributed by atoms with Crippen molar-refractivity contribution in [1.29, 1.82) is 0 Å². The fourth-order valence-electron chi connectivity index (χ4n) is 2.79. The Morgan fingerprint density at radius 1 is 1.13 bits per heavy atom. The molecule has 30 heavy (non-hydrogen) atoms. The zero-order valence-electron chi connectivity index (χ0n) is 16.1. The summed E-state index contributed by atoms with van der Waals surface area (Å²) in [7, 11) is 0. The second-order valence-corrected chi connectivity index (χ2v) is 6.57. The highest BCUT2D eigenvalue weighted by atomic mass is 32.1. The number of carbonyl (C=O) groups is 3. The van der Waals surface area contributed by atoms with Crippen LogP contribution in [-0.4, -0.2) is 36.0 Å². The molecular formula is C21H19N3O5S. The first-order valence-electron chi connectivity index (χ1n) is 9.05. The van der Waals surface area contributed by atoms with Crippen LogP contribution in [-0.2, 0) is 14.4 Å². The van der Waals surface area contributed by atoms with Crippen molar-refractivity contribution >= 4 is 46.8 Å². The average molecular weight is 425 g/mol. The maximum Gasteiger partial charge on any atom is 0.270 e. The quantitative estimate of drug-likeness (QED) is 0.397. The van der Waals surface area contributed by atoms with Crippen LogP contribution in [0.3, 0.4) is 0 Å². The molecule has 1 saturated heterocycles. The Morgan fingerprint density at radius 3 is 2.53 bits per heavy atom. The molecule has 0 saturated carbocycles. The number of hydrogen-bond donors (Lipinski definition) is 2. The van der Waals surface area contributed by atoms with Gasteiger partial charge in [-0.15, -0.1) is 0 Å². The van der Waals surface area contributed by atoms with Gasteiger partial charge in [0.2, 0.25) is 0 Å². The number of ether oxygens (including phenoxy) is 2. The lowest BCUT2D eigenvalue weighted by Crippen LogP contribution is -2.54. The van der Waals surface area contributed by atoms with E-state index in [1.54, 1.807) is 49.4 Å². The summed E-state index contributed by atoms with van der Waals surface area (Å²) in [6.07, 6.45) is 1.44. The molecule has 1 aliphatic rings. The molecule has 0 unspecified atom stereocenters. The normalized spacial score (nSPS) is 15.2. The highest BCUT2D eigenvalue weighted by Gasteiger charge is 2.34. The Kier molecular flexibility index (Phi) is 6.43. The predicted octanol–water partition coefficient (Wildman–Crippen LogP) is 1.78. The molecule has 1 heterocycles. The monoisotopic (exact) mass is 425 g/mol. The van der Waals surface area contributed by atoms with E-state index in [-0.39, 0.29) is 17.3 Å². The average Bonchev–Trinajstić information content (AvgIpc) is 2.71. The maximum atomic E-state index is 13.0. The van der Waals surface area contributed by atoms with Crippen LogP contribution in [0.2, 0.25) is 0 Å². The van der Waals surface area contributed by atoms with E-state index in [2.05, 4.69) is 5.32 Å². The summed E-state index contributed by atoms with van der Waals surface area (Å²) in [4.78, 5) is 37.7. The van der Waals surface area contributed by atoms with Crippen molar-refractivity contribution in [3.05, 3.63) is 59.7 Å². The molecule has 0 bridgehead atoms. The molecule has 0 spiro atoms. The van der Waals surface area contributed by atoms with Crippen molar-refractivity contribution in [2.45, 2.75) is 6.92 Å². The van der Waals surface area contributed by atoms with E-state index < -0.39 is 17.7 Å². The number of para-hydroxylation sites is 1. The van der Waals surface area contributed by atoms with Crippen molar-refractivity contribution in [3.63, 3.8) is 0 Å². The third kappa shape index (κ3) is 4.64. The molecule has 9 heteroatoms. The van der Waals surface area contributed by atoms with Crippen LogP contribution >= 0.6 is 12.2 Å². The van der Waals surface area contributed by atoms with E-state index in [0.29, 0.717) is 29.4 Å². The second-order valence-electron chi connectivity index (χ2n) is 6.19. The molecule has 154 valence electrons. The van der Waals surface area contributed by atoms with Gasteiger partial charge in [0.25, 0.3) is 17.7 Å². The zero-order chi connectivity index (χ0) is 21.7. The minimum atomic E-state index is -0.620. The SMILES string of the molecule is CCOc1cc(/C=C2/C(=O)NC(=S)N(c3ccccc3)C2=O)ccc1OCC(N)=O. The van der Waals surface area contributed by atoms with Gasteiger partial charge >= 0.3 is 0 Å². The van der Waals surface area contributed by atoms with Gasteiger partial charge in [0.15, 0.2) is 23.2 Å². The number of benzene rings is 2. The Bertz CT molecular complexity index is 1040. The van der Waals surface area contributed by atoms with Crippen molar-refractivity contribution in [1.82, 2.24) is 5.32 Å². The van der Waals surface area contributed by atoms with Crippen LogP contribution in [0.5, 0.6) is 11.5 Å². The number of amides is 3. The molecule has 0 aromatic heterocycles. The van der Waals surface area contributed by atoms with Gasteiger partial charge in [-0.25, -0.2) is 0 Å². The molecule has 8 nitrogen and oxygen atoms in total. The fraction of sp³-hybridized carbons (Fsp3) is 0.143. The number of rotatable bonds is 7. The molecular weight excluding hydrogens is 406 g/mol. The Balaban J connectivity index is 1.95. The number of nitrogens with two attached hydrogens (primary N) is 1. The Labute approximate surface area is 178 Å². The number of nitrogens with one attached hydrogen (secondary N) is 1. The van der Waals surface area contributed by atoms with E-state index in [9.17, 15) is 14.4 Å². The molecule has 1 aliphatic heterocycles. The highest BCUT2D eigenvalue weighted by molar-refractivity contribution is 7.80. The van der Waals surface area contributed by atoms with Crippen LogP contribution in [0, 0.1) is 0 Å². The maximum absolute atomic E-state index is 13.0. The predicted molar refractivity (Wildman–Crippen MR) is 115 cm³/mol. The minimum Gasteiger partial charge on any atom is -0.490 e. The first kappa shape index (κ1) is 21.0. The lowest BCUT2D eigenvalue weighted by atomic mass is 10.1. The molecule has 3 amide bonds. The van der Waals surface area contributed by atoms with E-state index in [0.717, 1.165) is 0 Å². The third-order valence-corrected chi connectivity index (χ3v) is 4.35. The number of thiocarbonyl (C=S) groups is 1. The van der Waals surface area contributed by atoms with Crippen LogP contribution in [0.1, 0.15) is 12.5 Å². The van der Waals surface area contributed by atoms with E-state index >= 15 is 0 Å².